The van der Waals surface area contributed by atoms with Gasteiger partial charge >= 0.3 is 0 Å². The summed E-state index contributed by atoms with van der Waals surface area (Å²) in [5, 5.41) is 13.3. The number of hydrogen-bond donors (Lipinski definition) is 0. The van der Waals surface area contributed by atoms with Gasteiger partial charge in [0.1, 0.15) is 11.2 Å². The molecule has 130 valence electrons. The maximum Gasteiger partial charge on any atom is 0.178 e. The molecule has 0 unspecified atom stereocenters. The fourth-order valence-corrected chi connectivity index (χ4v) is 3.93. The lowest BCUT2D eigenvalue weighted by Crippen LogP contribution is -1.79. The molecule has 2 heterocycles. The van der Waals surface area contributed by atoms with Crippen molar-refractivity contribution in [3.63, 3.8) is 0 Å². The van der Waals surface area contributed by atoms with Crippen LogP contribution in [0.5, 0.6) is 0 Å². The molecule has 0 N–H and O–H groups in total. The van der Waals surface area contributed by atoms with Gasteiger partial charge in [0, 0.05) is 21.5 Å². The highest BCUT2D eigenvalue weighted by Gasteiger charge is 2.16. The van der Waals surface area contributed by atoms with E-state index < -0.39 is 0 Å². The van der Waals surface area contributed by atoms with Gasteiger partial charge in [-0.1, -0.05) is 36.4 Å². The molecule has 0 aliphatic carbocycles. The summed E-state index contributed by atoms with van der Waals surface area (Å²) in [4.78, 5) is 0. The first kappa shape index (κ1) is 15.1. The predicted molar refractivity (Wildman–Crippen MR) is 111 cm³/mol. The molecule has 0 saturated heterocycles. The van der Waals surface area contributed by atoms with E-state index in [1.807, 2.05) is 54.6 Å². The van der Waals surface area contributed by atoms with Crippen LogP contribution in [0.3, 0.4) is 0 Å². The molecule has 0 radical (unpaired) electrons. The summed E-state index contributed by atoms with van der Waals surface area (Å²) >= 11 is 0. The second-order valence-corrected chi connectivity index (χ2v) is 6.92. The molecule has 6 aromatic rings. The number of nitrogens with zero attached hydrogens (tertiary/aromatic N) is 1. The van der Waals surface area contributed by atoms with E-state index in [9.17, 15) is 0 Å². The highest BCUT2D eigenvalue weighted by molar-refractivity contribution is 6.19. The summed E-state index contributed by atoms with van der Waals surface area (Å²) in [5.41, 5.74) is 6.08. The zero-order chi connectivity index (χ0) is 18.7. The van der Waals surface area contributed by atoms with Crippen LogP contribution in [0.2, 0.25) is 0 Å². The molecule has 3 heteroatoms. The van der Waals surface area contributed by atoms with Gasteiger partial charge in [-0.25, -0.2) is 0 Å². The fourth-order valence-electron chi connectivity index (χ4n) is 3.93. The Kier molecular flexibility index (Phi) is 2.95. The van der Waals surface area contributed by atoms with Crippen LogP contribution < -0.4 is 0 Å². The van der Waals surface area contributed by atoms with Gasteiger partial charge in [0.05, 0.1) is 11.6 Å². The summed E-state index contributed by atoms with van der Waals surface area (Å²) in [6, 6.07) is 28.2. The van der Waals surface area contributed by atoms with E-state index in [4.69, 9.17) is 14.1 Å². The van der Waals surface area contributed by atoms with Gasteiger partial charge in [-0.3, -0.25) is 0 Å². The van der Waals surface area contributed by atoms with Crippen molar-refractivity contribution in [2.24, 2.45) is 0 Å². The normalized spacial score (nSPS) is 11.5. The van der Waals surface area contributed by atoms with Crippen LogP contribution in [0.1, 0.15) is 5.56 Å². The second kappa shape index (κ2) is 5.48. The Morgan fingerprint density at radius 3 is 1.96 bits per heavy atom. The van der Waals surface area contributed by atoms with Crippen molar-refractivity contribution >= 4 is 43.9 Å². The van der Waals surface area contributed by atoms with Gasteiger partial charge in [-0.05, 0) is 53.6 Å². The van der Waals surface area contributed by atoms with Crippen molar-refractivity contribution in [3.8, 4) is 17.2 Å². The lowest BCUT2D eigenvalue weighted by molar-refractivity contribution is 0.633. The molecular formula is C25H13NO2. The minimum atomic E-state index is 0.658. The molecule has 3 nitrogen and oxygen atoms in total. The molecule has 0 bridgehead atoms. The Labute approximate surface area is 160 Å². The number of fused-ring (bicyclic) bond motifs is 7. The molecule has 0 aliphatic rings. The minimum Gasteiger partial charge on any atom is -0.452 e. The van der Waals surface area contributed by atoms with Crippen molar-refractivity contribution in [1.29, 1.82) is 5.26 Å². The van der Waals surface area contributed by atoms with Crippen molar-refractivity contribution in [2.75, 3.05) is 0 Å². The number of nitriles is 1. The van der Waals surface area contributed by atoms with Crippen molar-refractivity contribution < 1.29 is 8.83 Å². The topological polar surface area (TPSA) is 50.1 Å². The molecule has 0 spiro atoms. The number of para-hydroxylation sites is 1. The van der Waals surface area contributed by atoms with Gasteiger partial charge in [0.2, 0.25) is 0 Å². The number of hydrogen-bond acceptors (Lipinski definition) is 3. The number of benzene rings is 4. The predicted octanol–water partition coefficient (Wildman–Crippen LogP) is 7.02. The van der Waals surface area contributed by atoms with Crippen LogP contribution in [-0.2, 0) is 0 Å². The molecule has 0 fully saturated rings. The second-order valence-electron chi connectivity index (χ2n) is 6.92. The zero-order valence-electron chi connectivity index (χ0n) is 14.8. The van der Waals surface area contributed by atoms with Crippen LogP contribution >= 0.6 is 0 Å². The van der Waals surface area contributed by atoms with Gasteiger partial charge in [0.15, 0.2) is 11.2 Å². The van der Waals surface area contributed by atoms with E-state index in [0.29, 0.717) is 5.56 Å². The van der Waals surface area contributed by atoms with Crippen molar-refractivity contribution in [3.05, 3.63) is 84.4 Å². The molecule has 0 aliphatic heterocycles. The summed E-state index contributed by atoms with van der Waals surface area (Å²) in [6.45, 7) is 0. The first-order chi connectivity index (χ1) is 13.8. The van der Waals surface area contributed by atoms with E-state index in [0.717, 1.165) is 55.0 Å². The Morgan fingerprint density at radius 2 is 1.21 bits per heavy atom. The quantitative estimate of drug-likeness (QED) is 0.317. The van der Waals surface area contributed by atoms with Gasteiger partial charge in [-0.15, -0.1) is 0 Å². The minimum absolute atomic E-state index is 0.658. The Hall–Kier alpha value is -4.03. The molecule has 0 saturated carbocycles. The largest absolute Gasteiger partial charge is 0.452 e. The lowest BCUT2D eigenvalue weighted by atomic mass is 10.0. The van der Waals surface area contributed by atoms with Gasteiger partial charge in [-0.2, -0.15) is 5.26 Å². The summed E-state index contributed by atoms with van der Waals surface area (Å²) in [5.74, 6) is 0. The average Bonchev–Trinajstić information content (AvgIpc) is 3.31. The maximum atomic E-state index is 9.00. The Bertz CT molecular complexity index is 1560. The molecule has 4 aromatic carbocycles. The molecule has 0 atom stereocenters. The van der Waals surface area contributed by atoms with Crippen LogP contribution in [0.4, 0.5) is 0 Å². The fraction of sp³-hybridized carbons (Fsp3) is 0. The van der Waals surface area contributed by atoms with Crippen LogP contribution in [-0.4, -0.2) is 0 Å². The van der Waals surface area contributed by atoms with Gasteiger partial charge in [0.25, 0.3) is 0 Å². The monoisotopic (exact) mass is 359 g/mol. The third-order valence-electron chi connectivity index (χ3n) is 5.33. The van der Waals surface area contributed by atoms with Crippen LogP contribution in [0.25, 0.3) is 55.0 Å². The molecular weight excluding hydrogens is 346 g/mol. The third kappa shape index (κ3) is 2.03. The lowest BCUT2D eigenvalue weighted by Gasteiger charge is -2.01. The van der Waals surface area contributed by atoms with E-state index in [2.05, 4.69) is 30.3 Å². The van der Waals surface area contributed by atoms with E-state index in [1.165, 1.54) is 0 Å². The van der Waals surface area contributed by atoms with E-state index >= 15 is 0 Å². The van der Waals surface area contributed by atoms with Crippen molar-refractivity contribution in [2.45, 2.75) is 0 Å². The van der Waals surface area contributed by atoms with Crippen LogP contribution in [0.15, 0.2) is 87.7 Å². The third-order valence-corrected chi connectivity index (χ3v) is 5.33. The first-order valence-corrected chi connectivity index (χ1v) is 9.09. The highest BCUT2D eigenvalue weighted by Crippen LogP contribution is 2.39. The molecule has 2 aromatic heterocycles. The Morgan fingerprint density at radius 1 is 0.571 bits per heavy atom. The van der Waals surface area contributed by atoms with E-state index in [1.54, 1.807) is 0 Å². The molecule has 0 amide bonds. The Balaban J connectivity index is 1.62. The maximum absolute atomic E-state index is 9.00. The van der Waals surface area contributed by atoms with E-state index in [-0.39, 0.29) is 0 Å². The summed E-state index contributed by atoms with van der Waals surface area (Å²) in [7, 11) is 0. The SMILES string of the molecule is N#Cc1ccc(-c2ccc3oc4c(ccc5c6ccccc6oc54)c3c2)cc1. The molecule has 6 rings (SSSR count). The average molecular weight is 359 g/mol. The summed E-state index contributed by atoms with van der Waals surface area (Å²) < 4.78 is 12.3. The highest BCUT2D eigenvalue weighted by atomic mass is 16.4. The number of rotatable bonds is 1. The smallest absolute Gasteiger partial charge is 0.178 e. The standard InChI is InChI=1S/C25H13NO2/c26-14-15-5-7-16(8-6-15)17-9-12-23-21(13-17)20-11-10-19-18-3-1-2-4-22(18)27-24(19)25(20)28-23/h1-13H. The van der Waals surface area contributed by atoms with Gasteiger partial charge < -0.3 is 8.83 Å². The molecule has 28 heavy (non-hydrogen) atoms. The zero-order valence-corrected chi connectivity index (χ0v) is 14.8. The van der Waals surface area contributed by atoms with Crippen molar-refractivity contribution in [1.82, 2.24) is 0 Å². The van der Waals surface area contributed by atoms with Crippen LogP contribution in [0, 0.1) is 11.3 Å². The summed E-state index contributed by atoms with van der Waals surface area (Å²) in [6.07, 6.45) is 0. The first-order valence-electron chi connectivity index (χ1n) is 9.09. The number of furan rings is 2.